The van der Waals surface area contributed by atoms with E-state index in [2.05, 4.69) is 22.6 Å². The molecule has 3 nitrogen and oxygen atoms in total. The molecule has 0 aromatic carbocycles. The molecule has 1 aliphatic rings. The van der Waals surface area contributed by atoms with Gasteiger partial charge in [-0.05, 0) is 25.8 Å². The van der Waals surface area contributed by atoms with Crippen LogP contribution < -0.4 is 5.32 Å². The maximum Gasteiger partial charge on any atom is 0.115 e. The summed E-state index contributed by atoms with van der Waals surface area (Å²) in [4.78, 5) is 4.54. The van der Waals surface area contributed by atoms with Crippen molar-refractivity contribution in [2.24, 2.45) is 0 Å². The predicted molar refractivity (Wildman–Crippen MR) is 71.4 cm³/mol. The van der Waals surface area contributed by atoms with Crippen molar-refractivity contribution in [3.8, 4) is 0 Å². The van der Waals surface area contributed by atoms with E-state index in [1.54, 1.807) is 11.3 Å². The number of methoxy groups -OCH3 is 1. The molecule has 1 saturated carbocycles. The van der Waals surface area contributed by atoms with Crippen molar-refractivity contribution in [1.29, 1.82) is 0 Å². The van der Waals surface area contributed by atoms with Crippen LogP contribution in [0, 0.1) is 0 Å². The van der Waals surface area contributed by atoms with Crippen LogP contribution in [-0.4, -0.2) is 24.7 Å². The maximum absolute atomic E-state index is 5.73. The summed E-state index contributed by atoms with van der Waals surface area (Å²) < 4.78 is 5.73. The summed E-state index contributed by atoms with van der Waals surface area (Å²) in [6.45, 7) is 3.23. The minimum Gasteiger partial charge on any atom is -0.379 e. The SMILES string of the molecule is CCCNC1(c2nccs2)CCCCC1OC. The highest BCUT2D eigenvalue weighted by Crippen LogP contribution is 2.39. The molecule has 2 unspecified atom stereocenters. The second kappa shape index (κ2) is 5.94. The van der Waals surface area contributed by atoms with Gasteiger partial charge in [-0.25, -0.2) is 4.98 Å². The van der Waals surface area contributed by atoms with Crippen molar-refractivity contribution in [3.05, 3.63) is 16.6 Å². The van der Waals surface area contributed by atoms with E-state index in [1.165, 1.54) is 17.8 Å². The average molecular weight is 254 g/mol. The second-order valence-corrected chi connectivity index (χ2v) is 5.60. The zero-order chi connectivity index (χ0) is 12.1. The van der Waals surface area contributed by atoms with Crippen molar-refractivity contribution >= 4 is 11.3 Å². The van der Waals surface area contributed by atoms with Crippen molar-refractivity contribution in [2.75, 3.05) is 13.7 Å². The number of hydrogen-bond donors (Lipinski definition) is 1. The van der Waals surface area contributed by atoms with E-state index in [4.69, 9.17) is 4.74 Å². The topological polar surface area (TPSA) is 34.2 Å². The van der Waals surface area contributed by atoms with Crippen LogP contribution in [0.3, 0.4) is 0 Å². The van der Waals surface area contributed by atoms with Crippen molar-refractivity contribution in [1.82, 2.24) is 10.3 Å². The number of thiazole rings is 1. The van der Waals surface area contributed by atoms with Crippen molar-refractivity contribution in [2.45, 2.75) is 50.7 Å². The van der Waals surface area contributed by atoms with E-state index >= 15 is 0 Å². The third-order valence-corrected chi connectivity index (χ3v) is 4.58. The molecule has 17 heavy (non-hydrogen) atoms. The molecule has 1 aromatic rings. The zero-order valence-electron chi connectivity index (χ0n) is 10.7. The minimum absolute atomic E-state index is 0.0445. The van der Waals surface area contributed by atoms with Gasteiger partial charge >= 0.3 is 0 Å². The van der Waals surface area contributed by atoms with Gasteiger partial charge in [-0.1, -0.05) is 19.8 Å². The number of ether oxygens (including phenoxy) is 1. The summed E-state index contributed by atoms with van der Waals surface area (Å²) in [5.74, 6) is 0. The molecule has 4 heteroatoms. The van der Waals surface area contributed by atoms with Crippen LogP contribution in [0.5, 0.6) is 0 Å². The minimum atomic E-state index is -0.0445. The highest BCUT2D eigenvalue weighted by molar-refractivity contribution is 7.09. The lowest BCUT2D eigenvalue weighted by molar-refractivity contribution is -0.0154. The molecule has 2 atom stereocenters. The molecule has 1 heterocycles. The van der Waals surface area contributed by atoms with Gasteiger partial charge in [-0.15, -0.1) is 11.3 Å². The number of nitrogens with zero attached hydrogens (tertiary/aromatic N) is 1. The van der Waals surface area contributed by atoms with Gasteiger partial charge in [0, 0.05) is 18.7 Å². The molecule has 0 amide bonds. The van der Waals surface area contributed by atoms with Gasteiger partial charge in [0.05, 0.1) is 11.6 Å². The molecular weight excluding hydrogens is 232 g/mol. The number of aromatic nitrogens is 1. The Morgan fingerprint density at radius 2 is 2.47 bits per heavy atom. The predicted octanol–water partition coefficient (Wildman–Crippen LogP) is 2.93. The van der Waals surface area contributed by atoms with Gasteiger partial charge in [0.15, 0.2) is 0 Å². The van der Waals surface area contributed by atoms with Crippen LogP contribution in [0.1, 0.15) is 44.0 Å². The molecule has 0 aliphatic heterocycles. The third kappa shape index (κ3) is 2.54. The summed E-state index contributed by atoms with van der Waals surface area (Å²) >= 11 is 1.74. The highest BCUT2D eigenvalue weighted by Gasteiger charge is 2.44. The number of nitrogens with one attached hydrogen (secondary N) is 1. The fourth-order valence-corrected chi connectivity index (χ4v) is 3.66. The van der Waals surface area contributed by atoms with Gasteiger partial charge in [0.1, 0.15) is 5.01 Å². The van der Waals surface area contributed by atoms with E-state index in [0.29, 0.717) is 0 Å². The molecule has 0 radical (unpaired) electrons. The maximum atomic E-state index is 5.73. The number of rotatable bonds is 5. The Kier molecular flexibility index (Phi) is 4.54. The first-order valence-corrected chi connectivity index (χ1v) is 7.39. The Morgan fingerprint density at radius 1 is 1.59 bits per heavy atom. The third-order valence-electron chi connectivity index (χ3n) is 3.63. The van der Waals surface area contributed by atoms with E-state index in [-0.39, 0.29) is 11.6 Å². The van der Waals surface area contributed by atoms with Crippen LogP contribution >= 0.6 is 11.3 Å². The van der Waals surface area contributed by atoms with Gasteiger partial charge in [-0.2, -0.15) is 0 Å². The lowest BCUT2D eigenvalue weighted by Crippen LogP contribution is -2.54. The molecular formula is C13H22N2OS. The molecule has 96 valence electrons. The lowest BCUT2D eigenvalue weighted by Gasteiger charge is -2.42. The Labute approximate surface area is 108 Å². The quantitative estimate of drug-likeness (QED) is 0.877. The molecule has 1 N–H and O–H groups in total. The van der Waals surface area contributed by atoms with Gasteiger partial charge in [0.2, 0.25) is 0 Å². The smallest absolute Gasteiger partial charge is 0.115 e. The van der Waals surface area contributed by atoms with Crippen LogP contribution in [0.2, 0.25) is 0 Å². The fourth-order valence-electron chi connectivity index (χ4n) is 2.77. The summed E-state index contributed by atoms with van der Waals surface area (Å²) in [7, 11) is 1.83. The molecule has 1 aliphatic carbocycles. The average Bonchev–Trinajstić information content (AvgIpc) is 2.91. The fraction of sp³-hybridized carbons (Fsp3) is 0.769. The standard InChI is InChI=1S/C13H22N2OS/c1-3-8-15-13(12-14-9-10-17-12)7-5-4-6-11(13)16-2/h9-11,15H,3-8H2,1-2H3. The monoisotopic (exact) mass is 254 g/mol. The van der Waals surface area contributed by atoms with Gasteiger partial charge in [0.25, 0.3) is 0 Å². The Balaban J connectivity index is 2.27. The van der Waals surface area contributed by atoms with E-state index in [9.17, 15) is 0 Å². The molecule has 1 fully saturated rings. The van der Waals surface area contributed by atoms with E-state index in [0.717, 1.165) is 25.8 Å². The van der Waals surface area contributed by atoms with Crippen LogP contribution in [0.4, 0.5) is 0 Å². The van der Waals surface area contributed by atoms with Crippen LogP contribution in [0.15, 0.2) is 11.6 Å². The van der Waals surface area contributed by atoms with Crippen molar-refractivity contribution < 1.29 is 4.74 Å². The molecule has 0 saturated heterocycles. The zero-order valence-corrected chi connectivity index (χ0v) is 11.6. The van der Waals surface area contributed by atoms with Crippen molar-refractivity contribution in [3.63, 3.8) is 0 Å². The summed E-state index contributed by atoms with van der Waals surface area (Å²) in [6.07, 6.45) is 8.09. The molecule has 0 bridgehead atoms. The highest BCUT2D eigenvalue weighted by atomic mass is 32.1. The largest absolute Gasteiger partial charge is 0.379 e. The summed E-state index contributed by atoms with van der Waals surface area (Å²) in [6, 6.07) is 0. The lowest BCUT2D eigenvalue weighted by atomic mass is 9.79. The van der Waals surface area contributed by atoms with E-state index < -0.39 is 0 Å². The Morgan fingerprint density at radius 3 is 3.12 bits per heavy atom. The first-order chi connectivity index (χ1) is 8.33. The molecule has 2 rings (SSSR count). The molecule has 0 spiro atoms. The van der Waals surface area contributed by atoms with E-state index in [1.807, 2.05) is 13.3 Å². The number of hydrogen-bond acceptors (Lipinski definition) is 4. The van der Waals surface area contributed by atoms with Gasteiger partial charge < -0.3 is 10.1 Å². The van der Waals surface area contributed by atoms with Gasteiger partial charge in [-0.3, -0.25) is 0 Å². The van der Waals surface area contributed by atoms with Crippen LogP contribution in [-0.2, 0) is 10.3 Å². The summed E-state index contributed by atoms with van der Waals surface area (Å²) in [5, 5.41) is 6.96. The summed E-state index contributed by atoms with van der Waals surface area (Å²) in [5.41, 5.74) is -0.0445. The van der Waals surface area contributed by atoms with Crippen LogP contribution in [0.25, 0.3) is 0 Å². The normalized spacial score (nSPS) is 29.4. The molecule has 1 aromatic heterocycles. The Hall–Kier alpha value is -0.450. The first kappa shape index (κ1) is 13.0. The first-order valence-electron chi connectivity index (χ1n) is 6.51. The second-order valence-electron chi connectivity index (χ2n) is 4.71. The Bertz CT molecular complexity index is 328.